The van der Waals surface area contributed by atoms with Crippen molar-refractivity contribution in [2.75, 3.05) is 14.1 Å². The van der Waals surface area contributed by atoms with Gasteiger partial charge in [0, 0.05) is 25.2 Å². The molecule has 1 amide bonds. The molecular weight excluding hydrogens is 298 g/mol. The van der Waals surface area contributed by atoms with Gasteiger partial charge in [-0.3, -0.25) is 4.79 Å². The third kappa shape index (κ3) is 3.08. The van der Waals surface area contributed by atoms with Crippen LogP contribution in [0.4, 0.5) is 0 Å². The van der Waals surface area contributed by atoms with E-state index in [-0.39, 0.29) is 5.91 Å². The molecule has 1 N–H and O–H groups in total. The van der Waals surface area contributed by atoms with Crippen LogP contribution >= 0.6 is 0 Å². The minimum Gasteiger partial charge on any atom is -0.342 e. The molecule has 3 rings (SSSR count). The molecule has 0 atom stereocenters. The zero-order chi connectivity index (χ0) is 17.3. The number of benzene rings is 2. The number of imidazole rings is 1. The number of H-pyrrole nitrogens is 1. The number of rotatable bonds is 3. The third-order valence-electron chi connectivity index (χ3n) is 3.98. The van der Waals surface area contributed by atoms with E-state index in [4.69, 9.17) is 0 Å². The molecule has 24 heavy (non-hydrogen) atoms. The Morgan fingerprint density at radius 1 is 0.875 bits per heavy atom. The van der Waals surface area contributed by atoms with E-state index < -0.39 is 0 Å². The highest BCUT2D eigenvalue weighted by molar-refractivity contribution is 5.93. The van der Waals surface area contributed by atoms with Crippen LogP contribution in [0.1, 0.15) is 21.7 Å². The standard InChI is InChI=1S/C20H21N3O/c1-13-5-9-15(10-6-13)17-18(16-11-7-14(2)8-12-16)22-19(21-17)20(24)23(3)4/h5-12H,1-4H3,(H,21,22). The lowest BCUT2D eigenvalue weighted by molar-refractivity contribution is 0.0817. The van der Waals surface area contributed by atoms with Gasteiger partial charge in [-0.15, -0.1) is 0 Å². The number of carbonyl (C=O) groups excluding carboxylic acids is 1. The predicted molar refractivity (Wildman–Crippen MR) is 97.0 cm³/mol. The molecule has 2 aromatic carbocycles. The fraction of sp³-hybridized carbons (Fsp3) is 0.200. The highest BCUT2D eigenvalue weighted by Crippen LogP contribution is 2.30. The molecule has 0 unspecified atom stereocenters. The molecular formula is C20H21N3O. The number of hydrogen-bond donors (Lipinski definition) is 1. The van der Waals surface area contributed by atoms with Gasteiger partial charge in [-0.25, -0.2) is 4.98 Å². The second-order valence-electron chi connectivity index (χ2n) is 6.24. The van der Waals surface area contributed by atoms with E-state index in [1.54, 1.807) is 14.1 Å². The lowest BCUT2D eigenvalue weighted by atomic mass is 10.0. The number of aromatic amines is 1. The van der Waals surface area contributed by atoms with Crippen molar-refractivity contribution >= 4 is 5.91 Å². The number of nitrogens with one attached hydrogen (secondary N) is 1. The molecule has 0 saturated heterocycles. The van der Waals surface area contributed by atoms with Gasteiger partial charge in [0.15, 0.2) is 5.82 Å². The monoisotopic (exact) mass is 319 g/mol. The molecule has 0 aliphatic carbocycles. The van der Waals surface area contributed by atoms with E-state index in [0.717, 1.165) is 22.5 Å². The van der Waals surface area contributed by atoms with Crippen molar-refractivity contribution in [2.24, 2.45) is 0 Å². The molecule has 0 saturated carbocycles. The average Bonchev–Trinajstić information content (AvgIpc) is 3.00. The largest absolute Gasteiger partial charge is 0.342 e. The van der Waals surface area contributed by atoms with Gasteiger partial charge in [-0.1, -0.05) is 59.7 Å². The Hall–Kier alpha value is -2.88. The van der Waals surface area contributed by atoms with E-state index in [1.165, 1.54) is 16.0 Å². The van der Waals surface area contributed by atoms with Crippen molar-refractivity contribution in [1.29, 1.82) is 0 Å². The molecule has 0 bridgehead atoms. The van der Waals surface area contributed by atoms with Crippen LogP contribution in [0.3, 0.4) is 0 Å². The van der Waals surface area contributed by atoms with Crippen molar-refractivity contribution in [3.8, 4) is 22.5 Å². The molecule has 4 heteroatoms. The molecule has 0 aliphatic heterocycles. The summed E-state index contributed by atoms with van der Waals surface area (Å²) in [5.74, 6) is 0.216. The first-order valence-electron chi connectivity index (χ1n) is 7.91. The topological polar surface area (TPSA) is 49.0 Å². The van der Waals surface area contributed by atoms with E-state index in [9.17, 15) is 4.79 Å². The molecule has 0 radical (unpaired) electrons. The summed E-state index contributed by atoms with van der Waals surface area (Å²) in [5.41, 5.74) is 6.05. The molecule has 0 aliphatic rings. The minimum atomic E-state index is -0.137. The van der Waals surface area contributed by atoms with Crippen LogP contribution < -0.4 is 0 Å². The minimum absolute atomic E-state index is 0.137. The van der Waals surface area contributed by atoms with Gasteiger partial charge in [-0.2, -0.15) is 0 Å². The molecule has 1 heterocycles. The third-order valence-corrected chi connectivity index (χ3v) is 3.98. The van der Waals surface area contributed by atoms with E-state index in [1.807, 2.05) is 24.3 Å². The summed E-state index contributed by atoms with van der Waals surface area (Å²) in [4.78, 5) is 21.6. The first-order chi connectivity index (χ1) is 11.5. The van der Waals surface area contributed by atoms with Crippen LogP contribution in [0.2, 0.25) is 0 Å². The predicted octanol–water partition coefficient (Wildman–Crippen LogP) is 4.06. The highest BCUT2D eigenvalue weighted by atomic mass is 16.2. The van der Waals surface area contributed by atoms with Crippen molar-refractivity contribution in [3.63, 3.8) is 0 Å². The molecule has 0 fully saturated rings. The number of aryl methyl sites for hydroxylation is 2. The Labute approximate surface area is 142 Å². The number of hydrogen-bond acceptors (Lipinski definition) is 2. The average molecular weight is 319 g/mol. The molecule has 4 nitrogen and oxygen atoms in total. The fourth-order valence-electron chi connectivity index (χ4n) is 2.54. The van der Waals surface area contributed by atoms with Crippen LogP contribution in [0.15, 0.2) is 48.5 Å². The Kier molecular flexibility index (Phi) is 4.21. The van der Waals surface area contributed by atoms with Gasteiger partial charge in [0.2, 0.25) is 0 Å². The summed E-state index contributed by atoms with van der Waals surface area (Å²) in [6.45, 7) is 4.11. The van der Waals surface area contributed by atoms with E-state index in [0.29, 0.717) is 5.82 Å². The maximum Gasteiger partial charge on any atom is 0.289 e. The second kappa shape index (κ2) is 6.32. The Morgan fingerprint density at radius 2 is 1.38 bits per heavy atom. The first-order valence-corrected chi connectivity index (χ1v) is 7.91. The summed E-state index contributed by atoms with van der Waals surface area (Å²) in [6.07, 6.45) is 0. The lowest BCUT2D eigenvalue weighted by Crippen LogP contribution is -2.22. The molecule has 122 valence electrons. The highest BCUT2D eigenvalue weighted by Gasteiger charge is 2.19. The SMILES string of the molecule is Cc1ccc(-c2nc(C(=O)N(C)C)[nH]c2-c2ccc(C)cc2)cc1. The maximum absolute atomic E-state index is 12.3. The van der Waals surface area contributed by atoms with Crippen LogP contribution in [-0.2, 0) is 0 Å². The van der Waals surface area contributed by atoms with Crippen molar-refractivity contribution < 1.29 is 4.79 Å². The van der Waals surface area contributed by atoms with Gasteiger partial charge in [0.1, 0.15) is 0 Å². The zero-order valence-electron chi connectivity index (χ0n) is 14.4. The number of carbonyl (C=O) groups is 1. The smallest absolute Gasteiger partial charge is 0.289 e. The molecule has 1 aromatic heterocycles. The quantitative estimate of drug-likeness (QED) is 0.791. The van der Waals surface area contributed by atoms with E-state index >= 15 is 0 Å². The maximum atomic E-state index is 12.3. The second-order valence-corrected chi connectivity index (χ2v) is 6.24. The van der Waals surface area contributed by atoms with Gasteiger partial charge in [-0.05, 0) is 13.8 Å². The number of amides is 1. The Balaban J connectivity index is 2.16. The van der Waals surface area contributed by atoms with Crippen molar-refractivity contribution in [3.05, 3.63) is 65.5 Å². The molecule has 3 aromatic rings. The summed E-state index contributed by atoms with van der Waals surface area (Å²) < 4.78 is 0. The van der Waals surface area contributed by atoms with Gasteiger partial charge < -0.3 is 9.88 Å². The van der Waals surface area contributed by atoms with Crippen LogP contribution in [0, 0.1) is 13.8 Å². The Bertz CT molecular complexity index is 796. The summed E-state index contributed by atoms with van der Waals surface area (Å²) in [6, 6.07) is 16.4. The number of nitrogens with zero attached hydrogens (tertiary/aromatic N) is 2. The Morgan fingerprint density at radius 3 is 1.88 bits per heavy atom. The lowest BCUT2D eigenvalue weighted by Gasteiger charge is -2.06. The first kappa shape index (κ1) is 16.0. The van der Waals surface area contributed by atoms with Crippen LogP contribution in [0.5, 0.6) is 0 Å². The zero-order valence-corrected chi connectivity index (χ0v) is 14.4. The summed E-state index contributed by atoms with van der Waals surface area (Å²) in [7, 11) is 3.45. The van der Waals surface area contributed by atoms with Gasteiger partial charge in [0.05, 0.1) is 11.4 Å². The fourth-order valence-corrected chi connectivity index (χ4v) is 2.54. The van der Waals surface area contributed by atoms with E-state index in [2.05, 4.69) is 48.1 Å². The normalized spacial score (nSPS) is 10.7. The van der Waals surface area contributed by atoms with Crippen molar-refractivity contribution in [1.82, 2.24) is 14.9 Å². The molecule has 0 spiro atoms. The van der Waals surface area contributed by atoms with Gasteiger partial charge >= 0.3 is 0 Å². The van der Waals surface area contributed by atoms with Gasteiger partial charge in [0.25, 0.3) is 5.91 Å². The summed E-state index contributed by atoms with van der Waals surface area (Å²) >= 11 is 0. The van der Waals surface area contributed by atoms with Crippen LogP contribution in [0.25, 0.3) is 22.5 Å². The van der Waals surface area contributed by atoms with Crippen LogP contribution in [-0.4, -0.2) is 34.9 Å². The summed E-state index contributed by atoms with van der Waals surface area (Å²) in [5, 5.41) is 0. The van der Waals surface area contributed by atoms with Crippen molar-refractivity contribution in [2.45, 2.75) is 13.8 Å². The number of aromatic nitrogens is 2.